The van der Waals surface area contributed by atoms with Gasteiger partial charge in [-0.15, -0.1) is 0 Å². The molecule has 0 saturated carbocycles. The second-order valence-electron chi connectivity index (χ2n) is 6.46. The minimum Gasteiger partial charge on any atom is -0.322 e. The molecule has 7 nitrogen and oxygen atoms in total. The highest BCUT2D eigenvalue weighted by molar-refractivity contribution is 6.30. The van der Waals surface area contributed by atoms with Crippen molar-refractivity contribution in [1.29, 1.82) is 0 Å². The third-order valence-corrected chi connectivity index (χ3v) is 4.97. The smallest absolute Gasteiger partial charge is 0.321 e. The van der Waals surface area contributed by atoms with Gasteiger partial charge in [-0.1, -0.05) is 17.7 Å². The molecule has 2 amide bonds. The Hall–Kier alpha value is -2.80. The Morgan fingerprint density at radius 3 is 2.88 bits per heavy atom. The van der Waals surface area contributed by atoms with Crippen LogP contribution in [-0.4, -0.2) is 38.4 Å². The van der Waals surface area contributed by atoms with E-state index in [4.69, 9.17) is 11.6 Å². The van der Waals surface area contributed by atoms with Gasteiger partial charge in [0, 0.05) is 38.1 Å². The topological polar surface area (TPSA) is 72.2 Å². The maximum Gasteiger partial charge on any atom is 0.321 e. The summed E-state index contributed by atoms with van der Waals surface area (Å²) in [6, 6.07) is 8.83. The van der Waals surface area contributed by atoms with Crippen LogP contribution in [0.1, 0.15) is 12.5 Å². The molecule has 4 rings (SSSR count). The molecular weight excluding hydrogens is 354 g/mol. The predicted molar refractivity (Wildman–Crippen MR) is 101 cm³/mol. The fourth-order valence-corrected chi connectivity index (χ4v) is 3.45. The number of hydrogen-bond donors (Lipinski definition) is 1. The van der Waals surface area contributed by atoms with E-state index in [0.29, 0.717) is 23.8 Å². The van der Waals surface area contributed by atoms with E-state index in [2.05, 4.69) is 10.4 Å². The number of fused-ring (bicyclic) bond motifs is 1. The van der Waals surface area contributed by atoms with Crippen LogP contribution in [0.2, 0.25) is 5.02 Å². The molecule has 3 heterocycles. The quantitative estimate of drug-likeness (QED) is 0.752. The molecular formula is C18H18ClN5O2. The number of halogens is 1. The normalized spacial score (nSPS) is 17.0. The number of nitrogens with zero attached hydrogens (tertiary/aromatic N) is 4. The summed E-state index contributed by atoms with van der Waals surface area (Å²) in [4.78, 5) is 26.1. The standard InChI is InChI=1S/C18H18ClN5O2/c1-22-16-8-14(4-2-12(16)3-5-17(22)25)21-18(26)23-7-6-15(11-23)24-10-13(19)9-20-24/h2-5,8-10,15H,6-7,11H2,1H3,(H,21,26). The molecule has 1 aromatic carbocycles. The van der Waals surface area contributed by atoms with Crippen LogP contribution in [0.3, 0.4) is 0 Å². The fourth-order valence-electron chi connectivity index (χ4n) is 3.30. The maximum absolute atomic E-state index is 12.6. The van der Waals surface area contributed by atoms with Gasteiger partial charge >= 0.3 is 6.03 Å². The van der Waals surface area contributed by atoms with Crippen molar-refractivity contribution in [2.24, 2.45) is 7.05 Å². The molecule has 0 radical (unpaired) electrons. The van der Waals surface area contributed by atoms with Crippen LogP contribution in [-0.2, 0) is 7.05 Å². The maximum atomic E-state index is 12.6. The third kappa shape index (κ3) is 3.06. The van der Waals surface area contributed by atoms with Crippen LogP contribution in [0.15, 0.2) is 47.5 Å². The molecule has 0 spiro atoms. The summed E-state index contributed by atoms with van der Waals surface area (Å²) >= 11 is 5.92. The summed E-state index contributed by atoms with van der Waals surface area (Å²) in [5.41, 5.74) is 1.36. The largest absolute Gasteiger partial charge is 0.322 e. The van der Waals surface area contributed by atoms with Crippen molar-refractivity contribution in [2.75, 3.05) is 18.4 Å². The van der Waals surface area contributed by atoms with Crippen LogP contribution < -0.4 is 10.9 Å². The van der Waals surface area contributed by atoms with E-state index >= 15 is 0 Å². The van der Waals surface area contributed by atoms with Crippen molar-refractivity contribution in [3.63, 3.8) is 0 Å². The Morgan fingerprint density at radius 2 is 2.12 bits per heavy atom. The number of likely N-dealkylation sites (tertiary alicyclic amines) is 1. The number of rotatable bonds is 2. The molecule has 134 valence electrons. The van der Waals surface area contributed by atoms with Crippen molar-refractivity contribution >= 4 is 34.2 Å². The Labute approximate surface area is 154 Å². The fraction of sp³-hybridized carbons (Fsp3) is 0.278. The van der Waals surface area contributed by atoms with Gasteiger partial charge in [-0.2, -0.15) is 5.10 Å². The zero-order chi connectivity index (χ0) is 18.3. The third-order valence-electron chi connectivity index (χ3n) is 4.77. The summed E-state index contributed by atoms with van der Waals surface area (Å²) < 4.78 is 3.37. The lowest BCUT2D eigenvalue weighted by molar-refractivity contribution is 0.220. The summed E-state index contributed by atoms with van der Waals surface area (Å²) in [6.45, 7) is 1.23. The summed E-state index contributed by atoms with van der Waals surface area (Å²) in [5, 5.41) is 8.68. The average molecular weight is 372 g/mol. The first-order valence-corrected chi connectivity index (χ1v) is 8.74. The predicted octanol–water partition coefficient (Wildman–Crippen LogP) is 2.87. The number of amides is 2. The summed E-state index contributed by atoms with van der Waals surface area (Å²) in [7, 11) is 1.72. The zero-order valence-electron chi connectivity index (χ0n) is 14.2. The highest BCUT2D eigenvalue weighted by atomic mass is 35.5. The summed E-state index contributed by atoms with van der Waals surface area (Å²) in [6.07, 6.45) is 4.21. The van der Waals surface area contributed by atoms with Crippen molar-refractivity contribution in [2.45, 2.75) is 12.5 Å². The molecule has 1 fully saturated rings. The molecule has 26 heavy (non-hydrogen) atoms. The SMILES string of the molecule is Cn1c(=O)ccc2ccc(NC(=O)N3CCC(n4cc(Cl)cn4)C3)cc21. The van der Waals surface area contributed by atoms with Gasteiger partial charge in [-0.05, 0) is 30.0 Å². The molecule has 3 aromatic rings. The van der Waals surface area contributed by atoms with Crippen LogP contribution in [0.4, 0.5) is 10.5 Å². The van der Waals surface area contributed by atoms with Gasteiger partial charge in [-0.25, -0.2) is 4.79 Å². The number of anilines is 1. The molecule has 1 N–H and O–H groups in total. The first-order chi connectivity index (χ1) is 12.5. The molecule has 0 aliphatic carbocycles. The molecule has 1 saturated heterocycles. The van der Waals surface area contributed by atoms with Crippen molar-refractivity contribution in [3.05, 3.63) is 58.1 Å². The molecule has 0 bridgehead atoms. The first-order valence-electron chi connectivity index (χ1n) is 8.36. The number of pyridine rings is 1. The number of nitrogens with one attached hydrogen (secondary N) is 1. The summed E-state index contributed by atoms with van der Waals surface area (Å²) in [5.74, 6) is 0. The molecule has 1 unspecified atom stereocenters. The van der Waals surface area contributed by atoms with Crippen LogP contribution in [0, 0.1) is 0 Å². The number of benzene rings is 1. The Bertz CT molecular complexity index is 1040. The second-order valence-corrected chi connectivity index (χ2v) is 6.90. The van der Waals surface area contributed by atoms with E-state index < -0.39 is 0 Å². The molecule has 1 aliphatic rings. The van der Waals surface area contributed by atoms with Crippen molar-refractivity contribution in [1.82, 2.24) is 19.2 Å². The molecule has 1 aliphatic heterocycles. The highest BCUT2D eigenvalue weighted by Crippen LogP contribution is 2.24. The van der Waals surface area contributed by atoms with Crippen LogP contribution in [0.5, 0.6) is 0 Å². The van der Waals surface area contributed by atoms with Gasteiger partial charge < -0.3 is 14.8 Å². The van der Waals surface area contributed by atoms with E-state index in [0.717, 1.165) is 17.3 Å². The Balaban J connectivity index is 1.49. The van der Waals surface area contributed by atoms with Gasteiger partial charge in [0.05, 0.1) is 22.8 Å². The van der Waals surface area contributed by atoms with Crippen LogP contribution >= 0.6 is 11.6 Å². The monoisotopic (exact) mass is 371 g/mol. The van der Waals surface area contributed by atoms with Crippen molar-refractivity contribution < 1.29 is 4.79 Å². The minimum absolute atomic E-state index is 0.0822. The second kappa shape index (κ2) is 6.49. The van der Waals surface area contributed by atoms with Gasteiger partial charge in [0.2, 0.25) is 0 Å². The first kappa shape index (κ1) is 16.7. The van der Waals surface area contributed by atoms with Gasteiger partial charge in [-0.3, -0.25) is 9.48 Å². The lowest BCUT2D eigenvalue weighted by atomic mass is 10.2. The number of hydrogen-bond acceptors (Lipinski definition) is 3. The number of carbonyl (C=O) groups is 1. The number of aromatic nitrogens is 3. The molecule has 2 aromatic heterocycles. The zero-order valence-corrected chi connectivity index (χ0v) is 15.0. The van der Waals surface area contributed by atoms with Gasteiger partial charge in [0.25, 0.3) is 5.56 Å². The molecule has 8 heteroatoms. The highest BCUT2D eigenvalue weighted by Gasteiger charge is 2.28. The van der Waals surface area contributed by atoms with Crippen molar-refractivity contribution in [3.8, 4) is 0 Å². The average Bonchev–Trinajstić information content (AvgIpc) is 3.27. The Morgan fingerprint density at radius 1 is 1.31 bits per heavy atom. The number of aryl methyl sites for hydroxylation is 1. The van der Waals surface area contributed by atoms with Crippen LogP contribution in [0.25, 0.3) is 10.9 Å². The minimum atomic E-state index is -0.161. The Kier molecular flexibility index (Phi) is 4.16. The lowest BCUT2D eigenvalue weighted by Gasteiger charge is -2.18. The number of urea groups is 1. The van der Waals surface area contributed by atoms with Gasteiger partial charge in [0.1, 0.15) is 0 Å². The van der Waals surface area contributed by atoms with E-state index in [1.54, 1.807) is 39.7 Å². The van der Waals surface area contributed by atoms with Gasteiger partial charge in [0.15, 0.2) is 0 Å². The van der Waals surface area contributed by atoms with E-state index in [9.17, 15) is 9.59 Å². The lowest BCUT2D eigenvalue weighted by Crippen LogP contribution is -2.33. The number of carbonyl (C=O) groups excluding carboxylic acids is 1. The van der Waals surface area contributed by atoms with E-state index in [1.165, 1.54) is 6.07 Å². The van der Waals surface area contributed by atoms with E-state index in [1.807, 2.05) is 18.2 Å². The molecule has 1 atom stereocenters. The van der Waals surface area contributed by atoms with E-state index in [-0.39, 0.29) is 17.6 Å².